The summed E-state index contributed by atoms with van der Waals surface area (Å²) < 4.78 is 44.7. The molecule has 0 aliphatic carbocycles. The summed E-state index contributed by atoms with van der Waals surface area (Å²) in [5.41, 5.74) is 1.63. The SMILES string of the molecule is Cc1ccc(S(=O)(=O)NCCC(=O)OC(C)C(=O)NC(C)c2ccc(F)cc2)cc1. The van der Waals surface area contributed by atoms with Gasteiger partial charge >= 0.3 is 5.97 Å². The number of carbonyl (C=O) groups excluding carboxylic acids is 2. The number of ether oxygens (including phenoxy) is 1. The van der Waals surface area contributed by atoms with Gasteiger partial charge in [0, 0.05) is 6.54 Å². The van der Waals surface area contributed by atoms with Gasteiger partial charge in [-0.25, -0.2) is 17.5 Å². The van der Waals surface area contributed by atoms with Gasteiger partial charge in [-0.2, -0.15) is 0 Å². The molecule has 2 aromatic carbocycles. The highest BCUT2D eigenvalue weighted by Crippen LogP contribution is 2.13. The van der Waals surface area contributed by atoms with E-state index in [2.05, 4.69) is 10.0 Å². The molecule has 162 valence electrons. The molecule has 0 aliphatic rings. The highest BCUT2D eigenvalue weighted by atomic mass is 32.2. The highest BCUT2D eigenvalue weighted by Gasteiger charge is 2.21. The van der Waals surface area contributed by atoms with E-state index in [9.17, 15) is 22.4 Å². The summed E-state index contributed by atoms with van der Waals surface area (Å²) in [6.07, 6.45) is -1.29. The van der Waals surface area contributed by atoms with E-state index < -0.39 is 34.0 Å². The molecule has 0 fully saturated rings. The molecule has 2 aromatic rings. The zero-order valence-corrected chi connectivity index (χ0v) is 17.8. The number of hydrogen-bond acceptors (Lipinski definition) is 5. The van der Waals surface area contributed by atoms with Crippen LogP contribution in [0.3, 0.4) is 0 Å². The maximum absolute atomic E-state index is 13.0. The molecule has 0 saturated carbocycles. The van der Waals surface area contributed by atoms with Crippen LogP contribution >= 0.6 is 0 Å². The Morgan fingerprint density at radius 1 is 1.03 bits per heavy atom. The number of carbonyl (C=O) groups is 2. The van der Waals surface area contributed by atoms with Gasteiger partial charge in [0.05, 0.1) is 17.4 Å². The Labute approximate surface area is 175 Å². The monoisotopic (exact) mass is 436 g/mol. The van der Waals surface area contributed by atoms with E-state index in [1.165, 1.54) is 31.2 Å². The third-order valence-corrected chi connectivity index (χ3v) is 5.84. The second-order valence-electron chi connectivity index (χ2n) is 6.87. The number of nitrogens with one attached hydrogen (secondary N) is 2. The minimum absolute atomic E-state index is 0.101. The van der Waals surface area contributed by atoms with Crippen molar-refractivity contribution >= 4 is 21.9 Å². The van der Waals surface area contributed by atoms with Gasteiger partial charge in [0.25, 0.3) is 5.91 Å². The maximum Gasteiger partial charge on any atom is 0.307 e. The van der Waals surface area contributed by atoms with Crippen LogP contribution in [-0.4, -0.2) is 32.9 Å². The van der Waals surface area contributed by atoms with E-state index in [0.29, 0.717) is 5.56 Å². The fourth-order valence-corrected chi connectivity index (χ4v) is 3.60. The van der Waals surface area contributed by atoms with Crippen LogP contribution in [0.4, 0.5) is 4.39 Å². The number of benzene rings is 2. The van der Waals surface area contributed by atoms with E-state index >= 15 is 0 Å². The molecule has 0 aromatic heterocycles. The Hall–Kier alpha value is -2.78. The molecule has 2 N–H and O–H groups in total. The lowest BCUT2D eigenvalue weighted by atomic mass is 10.1. The average Bonchev–Trinajstić information content (AvgIpc) is 2.68. The van der Waals surface area contributed by atoms with Crippen molar-refractivity contribution in [1.29, 1.82) is 0 Å². The highest BCUT2D eigenvalue weighted by molar-refractivity contribution is 7.89. The van der Waals surface area contributed by atoms with Crippen LogP contribution in [0, 0.1) is 12.7 Å². The lowest BCUT2D eigenvalue weighted by Crippen LogP contribution is -2.37. The second-order valence-corrected chi connectivity index (χ2v) is 8.64. The number of aryl methyl sites for hydroxylation is 1. The van der Waals surface area contributed by atoms with Crippen LogP contribution in [0.15, 0.2) is 53.4 Å². The fraction of sp³-hybridized carbons (Fsp3) is 0.333. The summed E-state index contributed by atoms with van der Waals surface area (Å²) >= 11 is 0. The molecule has 30 heavy (non-hydrogen) atoms. The van der Waals surface area contributed by atoms with E-state index in [0.717, 1.165) is 5.56 Å². The van der Waals surface area contributed by atoms with Crippen LogP contribution in [0.2, 0.25) is 0 Å². The van der Waals surface area contributed by atoms with Gasteiger partial charge in [-0.3, -0.25) is 9.59 Å². The molecule has 0 bridgehead atoms. The van der Waals surface area contributed by atoms with Gasteiger partial charge in [-0.1, -0.05) is 29.8 Å². The Morgan fingerprint density at radius 2 is 1.63 bits per heavy atom. The summed E-state index contributed by atoms with van der Waals surface area (Å²) in [4.78, 5) is 24.2. The molecular formula is C21H25FN2O5S. The Bertz CT molecular complexity index is 975. The first-order chi connectivity index (χ1) is 14.1. The Morgan fingerprint density at radius 3 is 2.23 bits per heavy atom. The van der Waals surface area contributed by atoms with E-state index in [4.69, 9.17) is 4.74 Å². The Balaban J connectivity index is 1.78. The first kappa shape index (κ1) is 23.5. The third kappa shape index (κ3) is 6.93. The van der Waals surface area contributed by atoms with Gasteiger partial charge < -0.3 is 10.1 Å². The number of amides is 1. The normalized spacial score (nSPS) is 13.3. The smallest absolute Gasteiger partial charge is 0.307 e. The fourth-order valence-electron chi connectivity index (χ4n) is 2.56. The number of halogens is 1. The molecular weight excluding hydrogens is 411 g/mol. The summed E-state index contributed by atoms with van der Waals surface area (Å²) in [5.74, 6) is -1.60. The van der Waals surface area contributed by atoms with Crippen LogP contribution in [0.5, 0.6) is 0 Å². The predicted octanol–water partition coefficient (Wildman–Crippen LogP) is 2.61. The van der Waals surface area contributed by atoms with E-state index in [1.807, 2.05) is 6.92 Å². The number of sulfonamides is 1. The molecule has 0 heterocycles. The topological polar surface area (TPSA) is 102 Å². The molecule has 9 heteroatoms. The van der Waals surface area contributed by atoms with Crippen molar-refractivity contribution < 1.29 is 27.1 Å². The Kier molecular flexibility index (Phi) is 8.08. The zero-order chi connectivity index (χ0) is 22.3. The first-order valence-electron chi connectivity index (χ1n) is 9.40. The minimum Gasteiger partial charge on any atom is -0.453 e. The molecule has 0 radical (unpaired) electrons. The van der Waals surface area contributed by atoms with Crippen LogP contribution in [0.25, 0.3) is 0 Å². The van der Waals surface area contributed by atoms with Crippen molar-refractivity contribution in [1.82, 2.24) is 10.0 Å². The lowest BCUT2D eigenvalue weighted by Gasteiger charge is -2.18. The molecule has 0 aliphatic heterocycles. The molecule has 1 amide bonds. The van der Waals surface area contributed by atoms with E-state index in [-0.39, 0.29) is 23.7 Å². The van der Waals surface area contributed by atoms with Gasteiger partial charge in [0.2, 0.25) is 10.0 Å². The van der Waals surface area contributed by atoms with Crippen molar-refractivity contribution in [2.45, 2.75) is 44.2 Å². The molecule has 2 atom stereocenters. The first-order valence-corrected chi connectivity index (χ1v) is 10.9. The van der Waals surface area contributed by atoms with Gasteiger partial charge in [0.15, 0.2) is 6.10 Å². The second kappa shape index (κ2) is 10.3. The molecule has 0 spiro atoms. The molecule has 7 nitrogen and oxygen atoms in total. The van der Waals surface area contributed by atoms with Crippen molar-refractivity contribution in [3.05, 3.63) is 65.5 Å². The van der Waals surface area contributed by atoms with Crippen LogP contribution in [0.1, 0.15) is 37.4 Å². The van der Waals surface area contributed by atoms with Gasteiger partial charge in [-0.15, -0.1) is 0 Å². The van der Waals surface area contributed by atoms with Crippen molar-refractivity contribution in [3.63, 3.8) is 0 Å². The van der Waals surface area contributed by atoms with Crippen LogP contribution in [-0.2, 0) is 24.3 Å². The predicted molar refractivity (Wildman–Crippen MR) is 109 cm³/mol. The van der Waals surface area contributed by atoms with Crippen molar-refractivity contribution in [3.8, 4) is 0 Å². The molecule has 0 saturated heterocycles. The van der Waals surface area contributed by atoms with Gasteiger partial charge in [0.1, 0.15) is 5.82 Å². The molecule has 2 rings (SSSR count). The maximum atomic E-state index is 13.0. The number of hydrogen-bond donors (Lipinski definition) is 2. The third-order valence-electron chi connectivity index (χ3n) is 4.36. The summed E-state index contributed by atoms with van der Waals surface area (Å²) in [6.45, 7) is 4.83. The number of esters is 1. The van der Waals surface area contributed by atoms with Crippen molar-refractivity contribution in [2.75, 3.05) is 6.54 Å². The largest absolute Gasteiger partial charge is 0.453 e. The quantitative estimate of drug-likeness (QED) is 0.589. The summed E-state index contributed by atoms with van der Waals surface area (Å²) in [7, 11) is -3.73. The van der Waals surface area contributed by atoms with Crippen molar-refractivity contribution in [2.24, 2.45) is 0 Å². The molecule has 2 unspecified atom stereocenters. The van der Waals surface area contributed by atoms with Gasteiger partial charge in [-0.05, 0) is 50.6 Å². The summed E-state index contributed by atoms with van der Waals surface area (Å²) in [5, 5.41) is 2.68. The zero-order valence-electron chi connectivity index (χ0n) is 17.0. The number of rotatable bonds is 9. The average molecular weight is 437 g/mol. The van der Waals surface area contributed by atoms with E-state index in [1.54, 1.807) is 31.2 Å². The summed E-state index contributed by atoms with van der Waals surface area (Å²) in [6, 6.07) is 11.6. The lowest BCUT2D eigenvalue weighted by molar-refractivity contribution is -0.154. The minimum atomic E-state index is -3.73. The van der Waals surface area contributed by atoms with Crippen LogP contribution < -0.4 is 10.0 Å². The standard InChI is InChI=1S/C21H25FN2O5S/c1-14-4-10-19(11-5-14)30(27,28)23-13-12-20(25)29-16(3)21(26)24-15(2)17-6-8-18(22)9-7-17/h4-11,15-16,23H,12-13H2,1-3H3,(H,24,26).